The van der Waals surface area contributed by atoms with Crippen molar-refractivity contribution in [3.8, 4) is 0 Å². The van der Waals surface area contributed by atoms with Gasteiger partial charge in [0.25, 0.3) is 0 Å². The second-order valence-electron chi connectivity index (χ2n) is 4.00. The van der Waals surface area contributed by atoms with E-state index in [1.165, 1.54) is 0 Å². The molecule has 0 fully saturated rings. The maximum absolute atomic E-state index is 11.9. The van der Waals surface area contributed by atoms with Gasteiger partial charge in [0.15, 0.2) is 6.04 Å². The topological polar surface area (TPSA) is 81.5 Å². The van der Waals surface area contributed by atoms with E-state index in [0.29, 0.717) is 5.69 Å². The first-order valence-corrected chi connectivity index (χ1v) is 6.21. The fourth-order valence-electron chi connectivity index (χ4n) is 1.76. The van der Waals surface area contributed by atoms with Crippen LogP contribution in [0.15, 0.2) is 30.3 Å². The van der Waals surface area contributed by atoms with Crippen LogP contribution in [0, 0.1) is 10.1 Å². The maximum Gasteiger partial charge on any atom is 0.335 e. The van der Waals surface area contributed by atoms with E-state index in [4.69, 9.17) is 4.74 Å². The van der Waals surface area contributed by atoms with Crippen LogP contribution >= 0.6 is 0 Å². The predicted molar refractivity (Wildman–Crippen MR) is 71.6 cm³/mol. The van der Waals surface area contributed by atoms with Gasteiger partial charge >= 0.3 is 5.97 Å². The highest BCUT2D eigenvalue weighted by Crippen LogP contribution is 2.14. The second kappa shape index (κ2) is 7.35. The molecule has 0 saturated heterocycles. The van der Waals surface area contributed by atoms with Gasteiger partial charge in [-0.25, -0.2) is 4.79 Å². The van der Waals surface area contributed by atoms with E-state index in [-0.39, 0.29) is 13.0 Å². The summed E-state index contributed by atoms with van der Waals surface area (Å²) in [5.41, 5.74) is 0.654. The molecule has 0 aliphatic carbocycles. The summed E-state index contributed by atoms with van der Waals surface area (Å²) in [4.78, 5) is 22.4. The number of nitro groups is 1. The Morgan fingerprint density at radius 3 is 2.47 bits per heavy atom. The highest BCUT2D eigenvalue weighted by Gasteiger charge is 2.36. The first-order chi connectivity index (χ1) is 9.10. The van der Waals surface area contributed by atoms with Gasteiger partial charge in [0, 0.05) is 17.0 Å². The van der Waals surface area contributed by atoms with E-state index in [2.05, 4.69) is 5.32 Å². The van der Waals surface area contributed by atoms with Gasteiger partial charge in [-0.3, -0.25) is 10.1 Å². The summed E-state index contributed by atoms with van der Waals surface area (Å²) in [7, 11) is 0. The van der Waals surface area contributed by atoms with Crippen LogP contribution in [0.25, 0.3) is 0 Å². The lowest BCUT2D eigenvalue weighted by molar-refractivity contribution is -0.523. The van der Waals surface area contributed by atoms with Gasteiger partial charge in [-0.2, -0.15) is 0 Å². The molecule has 6 heteroatoms. The van der Waals surface area contributed by atoms with Crippen LogP contribution < -0.4 is 5.32 Å². The Morgan fingerprint density at radius 1 is 1.37 bits per heavy atom. The number of nitrogens with zero attached hydrogens (tertiary/aromatic N) is 1. The SMILES string of the molecule is CCOC(=O)C(Nc1ccccc1)C(CC)[N+](=O)[O-]. The van der Waals surface area contributed by atoms with Crippen LogP contribution in [-0.4, -0.2) is 29.6 Å². The first-order valence-electron chi connectivity index (χ1n) is 6.21. The van der Waals surface area contributed by atoms with E-state index in [1.807, 2.05) is 6.07 Å². The number of esters is 1. The lowest BCUT2D eigenvalue weighted by Gasteiger charge is -2.20. The van der Waals surface area contributed by atoms with Crippen LogP contribution in [0.4, 0.5) is 5.69 Å². The molecule has 0 bridgehead atoms. The first kappa shape index (κ1) is 14.9. The Morgan fingerprint density at radius 2 is 2.00 bits per heavy atom. The van der Waals surface area contributed by atoms with Gasteiger partial charge in [0.2, 0.25) is 6.04 Å². The van der Waals surface area contributed by atoms with Crippen molar-refractivity contribution in [1.82, 2.24) is 0 Å². The average Bonchev–Trinajstić information content (AvgIpc) is 2.39. The van der Waals surface area contributed by atoms with Gasteiger partial charge in [-0.05, 0) is 19.1 Å². The number of carbonyl (C=O) groups excluding carboxylic acids is 1. The van der Waals surface area contributed by atoms with Crippen LogP contribution in [0.5, 0.6) is 0 Å². The number of hydrogen-bond acceptors (Lipinski definition) is 5. The van der Waals surface area contributed by atoms with E-state index in [9.17, 15) is 14.9 Å². The lowest BCUT2D eigenvalue weighted by Crippen LogP contribution is -2.45. The number of benzene rings is 1. The van der Waals surface area contributed by atoms with Crippen molar-refractivity contribution in [2.45, 2.75) is 32.4 Å². The fraction of sp³-hybridized carbons (Fsp3) is 0.462. The molecule has 19 heavy (non-hydrogen) atoms. The molecule has 0 spiro atoms. The Hall–Kier alpha value is -2.11. The summed E-state index contributed by atoms with van der Waals surface area (Å²) < 4.78 is 4.90. The molecule has 1 rings (SSSR count). The van der Waals surface area contributed by atoms with E-state index < -0.39 is 23.0 Å². The van der Waals surface area contributed by atoms with Crippen molar-refractivity contribution < 1.29 is 14.5 Å². The second-order valence-corrected chi connectivity index (χ2v) is 4.00. The number of para-hydroxylation sites is 1. The van der Waals surface area contributed by atoms with Crippen LogP contribution in [-0.2, 0) is 9.53 Å². The number of rotatable bonds is 7. The van der Waals surface area contributed by atoms with E-state index in [0.717, 1.165) is 0 Å². The third kappa shape index (κ3) is 4.24. The summed E-state index contributed by atoms with van der Waals surface area (Å²) in [5, 5.41) is 13.9. The molecule has 6 nitrogen and oxygen atoms in total. The minimum Gasteiger partial charge on any atom is -0.464 e. The third-order valence-electron chi connectivity index (χ3n) is 2.71. The molecule has 104 valence electrons. The third-order valence-corrected chi connectivity index (χ3v) is 2.71. The fourth-order valence-corrected chi connectivity index (χ4v) is 1.76. The molecule has 2 atom stereocenters. The largest absolute Gasteiger partial charge is 0.464 e. The Kier molecular flexibility index (Phi) is 5.78. The summed E-state index contributed by atoms with van der Waals surface area (Å²) in [6.07, 6.45) is 0.246. The number of anilines is 1. The van der Waals surface area contributed by atoms with Gasteiger partial charge in [-0.15, -0.1) is 0 Å². The molecule has 0 aliphatic heterocycles. The van der Waals surface area contributed by atoms with Crippen molar-refractivity contribution in [2.75, 3.05) is 11.9 Å². The molecule has 1 N–H and O–H groups in total. The van der Waals surface area contributed by atoms with Crippen LogP contribution in [0.3, 0.4) is 0 Å². The molecular formula is C13H18N2O4. The summed E-state index contributed by atoms with van der Waals surface area (Å²) in [6, 6.07) is 6.91. The predicted octanol–water partition coefficient (Wildman–Crippen LogP) is 2.09. The smallest absolute Gasteiger partial charge is 0.335 e. The minimum atomic E-state index is -1.01. The normalized spacial score (nSPS) is 13.4. The van der Waals surface area contributed by atoms with Crippen molar-refractivity contribution in [1.29, 1.82) is 0 Å². The van der Waals surface area contributed by atoms with Gasteiger partial charge < -0.3 is 10.1 Å². The molecule has 1 aromatic rings. The molecule has 0 saturated carbocycles. The Labute approximate surface area is 111 Å². The maximum atomic E-state index is 11.9. The molecule has 0 radical (unpaired) electrons. The lowest BCUT2D eigenvalue weighted by atomic mass is 10.1. The Bertz CT molecular complexity index is 422. The van der Waals surface area contributed by atoms with Gasteiger partial charge in [-0.1, -0.05) is 25.1 Å². The molecule has 1 aromatic carbocycles. The summed E-state index contributed by atoms with van der Waals surface area (Å²) >= 11 is 0. The van der Waals surface area contributed by atoms with Gasteiger partial charge in [0.1, 0.15) is 0 Å². The highest BCUT2D eigenvalue weighted by molar-refractivity contribution is 5.80. The summed E-state index contributed by atoms with van der Waals surface area (Å²) in [6.45, 7) is 3.54. The highest BCUT2D eigenvalue weighted by atomic mass is 16.6. The molecule has 0 aromatic heterocycles. The monoisotopic (exact) mass is 266 g/mol. The number of ether oxygens (including phenoxy) is 1. The van der Waals surface area contributed by atoms with Crippen molar-refractivity contribution in [2.24, 2.45) is 0 Å². The quantitative estimate of drug-likeness (QED) is 0.464. The number of nitrogens with one attached hydrogen (secondary N) is 1. The minimum absolute atomic E-state index is 0.194. The zero-order chi connectivity index (χ0) is 14.3. The number of hydrogen-bond donors (Lipinski definition) is 1. The standard InChI is InChI=1S/C13H18N2O4/c1-3-11(15(17)18)12(13(16)19-4-2)14-10-8-6-5-7-9-10/h5-9,11-12,14H,3-4H2,1-2H3. The molecular weight excluding hydrogens is 248 g/mol. The Balaban J connectivity index is 2.91. The summed E-state index contributed by atoms with van der Waals surface area (Å²) in [5.74, 6) is -0.602. The molecule has 0 heterocycles. The molecule has 0 amide bonds. The number of carbonyl (C=O) groups is 1. The van der Waals surface area contributed by atoms with E-state index >= 15 is 0 Å². The van der Waals surface area contributed by atoms with Crippen LogP contribution in [0.2, 0.25) is 0 Å². The van der Waals surface area contributed by atoms with Crippen molar-refractivity contribution in [3.05, 3.63) is 40.4 Å². The zero-order valence-electron chi connectivity index (χ0n) is 11.0. The van der Waals surface area contributed by atoms with Crippen LogP contribution in [0.1, 0.15) is 20.3 Å². The molecule has 0 aliphatic rings. The zero-order valence-corrected chi connectivity index (χ0v) is 11.0. The van der Waals surface area contributed by atoms with Crippen molar-refractivity contribution in [3.63, 3.8) is 0 Å². The average molecular weight is 266 g/mol. The van der Waals surface area contributed by atoms with E-state index in [1.54, 1.807) is 38.1 Å². The molecule has 2 unspecified atom stereocenters. The van der Waals surface area contributed by atoms with Gasteiger partial charge in [0.05, 0.1) is 6.61 Å². The van der Waals surface area contributed by atoms with Crippen molar-refractivity contribution >= 4 is 11.7 Å².